The van der Waals surface area contributed by atoms with Gasteiger partial charge >= 0.3 is 0 Å². The van der Waals surface area contributed by atoms with Crippen LogP contribution in [-0.2, 0) is 10.2 Å². The minimum atomic E-state index is -3.29. The Kier molecular flexibility index (Phi) is 4.93. The topological polar surface area (TPSA) is 61.4 Å². The molecule has 0 aromatic carbocycles. The molecule has 0 aromatic rings. The summed E-state index contributed by atoms with van der Waals surface area (Å²) in [5, 5.41) is 3.16. The molecule has 0 spiro atoms. The molecule has 0 radical (unpaired) electrons. The lowest BCUT2D eigenvalue weighted by atomic mass is 10.1. The first kappa shape index (κ1) is 14.6. The summed E-state index contributed by atoms with van der Waals surface area (Å²) in [6.45, 7) is 3.20. The summed E-state index contributed by atoms with van der Waals surface area (Å²) in [5.74, 6) is 0. The second-order valence-corrected chi connectivity index (χ2v) is 8.10. The second-order valence-electron chi connectivity index (χ2n) is 5.07. The zero-order valence-corrected chi connectivity index (χ0v) is 12.6. The lowest BCUT2D eigenvalue weighted by Gasteiger charge is -2.31. The third kappa shape index (κ3) is 3.39. The van der Waals surface area contributed by atoms with Crippen molar-refractivity contribution in [2.45, 2.75) is 30.4 Å². The third-order valence-corrected chi connectivity index (χ3v) is 6.91. The van der Waals surface area contributed by atoms with Gasteiger partial charge in [-0.2, -0.15) is 24.5 Å². The molecule has 0 unspecified atom stereocenters. The summed E-state index contributed by atoms with van der Waals surface area (Å²) in [4.78, 5) is 0. The fraction of sp³-hybridized carbons (Fsp3) is 1.00. The average molecular weight is 293 g/mol. The summed E-state index contributed by atoms with van der Waals surface area (Å²) in [6, 6.07) is 0. The summed E-state index contributed by atoms with van der Waals surface area (Å²) in [6.07, 6.45) is 6.77. The van der Waals surface area contributed by atoms with Crippen molar-refractivity contribution in [3.8, 4) is 0 Å². The molecular weight excluding hydrogens is 270 g/mol. The van der Waals surface area contributed by atoms with E-state index in [-0.39, 0.29) is 4.75 Å². The molecule has 2 N–H and O–H groups in total. The van der Waals surface area contributed by atoms with Crippen LogP contribution in [0.5, 0.6) is 0 Å². The van der Waals surface area contributed by atoms with E-state index in [0.717, 1.165) is 25.9 Å². The molecule has 0 atom stereocenters. The van der Waals surface area contributed by atoms with Crippen molar-refractivity contribution >= 4 is 22.0 Å². The highest BCUT2D eigenvalue weighted by Crippen LogP contribution is 2.39. The van der Waals surface area contributed by atoms with Crippen molar-refractivity contribution < 1.29 is 8.42 Å². The van der Waals surface area contributed by atoms with Gasteiger partial charge in [0, 0.05) is 37.5 Å². The number of piperazine rings is 1. The van der Waals surface area contributed by atoms with Crippen molar-refractivity contribution in [2.75, 3.05) is 39.0 Å². The highest BCUT2D eigenvalue weighted by Gasteiger charge is 2.35. The minimum absolute atomic E-state index is 0.126. The summed E-state index contributed by atoms with van der Waals surface area (Å²) < 4.78 is 28.8. The Hall–Kier alpha value is 0.180. The fourth-order valence-electron chi connectivity index (χ4n) is 2.67. The first-order chi connectivity index (χ1) is 8.58. The van der Waals surface area contributed by atoms with Crippen LogP contribution in [0.2, 0.25) is 0 Å². The van der Waals surface area contributed by atoms with Crippen LogP contribution in [0, 0.1) is 0 Å². The van der Waals surface area contributed by atoms with Crippen LogP contribution in [0.15, 0.2) is 0 Å². The number of nitrogens with zero attached hydrogens (tertiary/aromatic N) is 1. The Morgan fingerprint density at radius 2 is 1.89 bits per heavy atom. The predicted octanol–water partition coefficient (Wildman–Crippen LogP) is 0.402. The van der Waals surface area contributed by atoms with Crippen LogP contribution in [0.1, 0.15) is 25.7 Å². The van der Waals surface area contributed by atoms with Crippen LogP contribution in [0.25, 0.3) is 0 Å². The zero-order chi connectivity index (χ0) is 13.1. The first-order valence-electron chi connectivity index (χ1n) is 6.59. The van der Waals surface area contributed by atoms with Gasteiger partial charge in [-0.1, -0.05) is 12.8 Å². The molecular formula is C11H23N3O2S2. The van der Waals surface area contributed by atoms with Crippen LogP contribution in [-0.4, -0.2) is 56.4 Å². The summed E-state index contributed by atoms with van der Waals surface area (Å²) >= 11 is 1.81. The van der Waals surface area contributed by atoms with Gasteiger partial charge in [0.1, 0.15) is 0 Å². The maximum atomic E-state index is 12.2. The summed E-state index contributed by atoms with van der Waals surface area (Å²) in [5.41, 5.74) is 0. The van der Waals surface area contributed by atoms with E-state index in [0.29, 0.717) is 19.6 Å². The molecule has 0 amide bonds. The number of nitrogens with one attached hydrogen (secondary N) is 2. The highest BCUT2D eigenvalue weighted by molar-refractivity contribution is 8.00. The van der Waals surface area contributed by atoms with E-state index >= 15 is 0 Å². The minimum Gasteiger partial charge on any atom is -0.314 e. The van der Waals surface area contributed by atoms with Gasteiger partial charge < -0.3 is 5.32 Å². The zero-order valence-electron chi connectivity index (χ0n) is 10.9. The van der Waals surface area contributed by atoms with Crippen molar-refractivity contribution in [3.05, 3.63) is 0 Å². The first-order valence-corrected chi connectivity index (χ1v) is 9.25. The number of rotatable bonds is 5. The quantitative estimate of drug-likeness (QED) is 0.770. The van der Waals surface area contributed by atoms with Crippen molar-refractivity contribution in [1.29, 1.82) is 0 Å². The van der Waals surface area contributed by atoms with Crippen molar-refractivity contribution in [2.24, 2.45) is 0 Å². The molecule has 18 heavy (non-hydrogen) atoms. The van der Waals surface area contributed by atoms with Gasteiger partial charge in [-0.15, -0.1) is 0 Å². The molecule has 1 saturated heterocycles. The van der Waals surface area contributed by atoms with E-state index in [1.807, 2.05) is 11.8 Å². The monoisotopic (exact) mass is 293 g/mol. The van der Waals surface area contributed by atoms with E-state index in [1.54, 1.807) is 4.31 Å². The van der Waals surface area contributed by atoms with Crippen molar-refractivity contribution in [3.63, 3.8) is 0 Å². The molecule has 2 rings (SSSR count). The van der Waals surface area contributed by atoms with Crippen LogP contribution >= 0.6 is 11.8 Å². The van der Waals surface area contributed by atoms with Crippen molar-refractivity contribution in [1.82, 2.24) is 14.3 Å². The smallest absolute Gasteiger partial charge is 0.279 e. The number of thioether (sulfide) groups is 1. The largest absolute Gasteiger partial charge is 0.314 e. The maximum absolute atomic E-state index is 12.2. The molecule has 1 aliphatic carbocycles. The fourth-order valence-corrected chi connectivity index (χ4v) is 4.98. The normalized spacial score (nSPS) is 25.4. The van der Waals surface area contributed by atoms with E-state index in [1.165, 1.54) is 12.8 Å². The number of hydrogen-bond donors (Lipinski definition) is 2. The molecule has 106 valence electrons. The van der Waals surface area contributed by atoms with Gasteiger partial charge in [-0.05, 0) is 19.1 Å². The van der Waals surface area contributed by atoms with Crippen LogP contribution in [0.4, 0.5) is 0 Å². The molecule has 0 aromatic heterocycles. The Morgan fingerprint density at radius 3 is 2.44 bits per heavy atom. The Morgan fingerprint density at radius 1 is 1.28 bits per heavy atom. The molecule has 1 heterocycles. The predicted molar refractivity (Wildman–Crippen MR) is 76.1 cm³/mol. The Labute approximate surface area is 114 Å². The van der Waals surface area contributed by atoms with E-state index < -0.39 is 10.2 Å². The maximum Gasteiger partial charge on any atom is 0.279 e. The van der Waals surface area contributed by atoms with Crippen LogP contribution < -0.4 is 10.0 Å². The molecule has 1 saturated carbocycles. The van der Waals surface area contributed by atoms with Gasteiger partial charge in [0.05, 0.1) is 0 Å². The van der Waals surface area contributed by atoms with E-state index in [9.17, 15) is 8.42 Å². The lowest BCUT2D eigenvalue weighted by molar-refractivity contribution is 0.353. The Balaban J connectivity index is 1.91. The third-order valence-electron chi connectivity index (χ3n) is 3.94. The van der Waals surface area contributed by atoms with Gasteiger partial charge in [-0.25, -0.2) is 4.72 Å². The number of hydrogen-bond acceptors (Lipinski definition) is 4. The second kappa shape index (κ2) is 6.09. The average Bonchev–Trinajstić information content (AvgIpc) is 2.87. The van der Waals surface area contributed by atoms with E-state index in [2.05, 4.69) is 16.3 Å². The SMILES string of the molecule is CSC1(CNS(=O)(=O)N2CCNCC2)CCCC1. The summed E-state index contributed by atoms with van der Waals surface area (Å²) in [7, 11) is -3.29. The molecule has 2 fully saturated rings. The molecule has 0 bridgehead atoms. The molecule has 7 heteroatoms. The molecule has 1 aliphatic heterocycles. The standard InChI is InChI=1S/C11H23N3O2S2/c1-17-11(4-2-3-5-11)10-13-18(15,16)14-8-6-12-7-9-14/h12-13H,2-10H2,1H3. The molecule has 2 aliphatic rings. The van der Waals surface area contributed by atoms with Gasteiger partial charge in [0.25, 0.3) is 10.2 Å². The lowest BCUT2D eigenvalue weighted by Crippen LogP contribution is -2.52. The van der Waals surface area contributed by atoms with Crippen LogP contribution in [0.3, 0.4) is 0 Å². The van der Waals surface area contributed by atoms with Gasteiger partial charge in [0.2, 0.25) is 0 Å². The van der Waals surface area contributed by atoms with Gasteiger partial charge in [0.15, 0.2) is 0 Å². The van der Waals surface area contributed by atoms with E-state index in [4.69, 9.17) is 0 Å². The van der Waals surface area contributed by atoms with Gasteiger partial charge in [-0.3, -0.25) is 0 Å². The molecule has 5 nitrogen and oxygen atoms in total. The highest BCUT2D eigenvalue weighted by atomic mass is 32.2. The Bertz CT molecular complexity index is 360.